The summed E-state index contributed by atoms with van der Waals surface area (Å²) in [4.78, 5) is 27.1. The van der Waals surface area contributed by atoms with Gasteiger partial charge in [-0.1, -0.05) is 42.2 Å². The van der Waals surface area contributed by atoms with Crippen molar-refractivity contribution >= 4 is 56.9 Å². The number of aromatic hydroxyl groups is 1. The van der Waals surface area contributed by atoms with Gasteiger partial charge in [0, 0.05) is 0 Å². The molecular weight excluding hydrogens is 370 g/mol. The van der Waals surface area contributed by atoms with E-state index in [-0.39, 0.29) is 28.0 Å². The second-order valence-corrected chi connectivity index (χ2v) is 7.23. The quantitative estimate of drug-likeness (QED) is 0.536. The zero-order valence-electron chi connectivity index (χ0n) is 13.2. The lowest BCUT2D eigenvalue weighted by molar-refractivity contribution is -0.113. The van der Waals surface area contributed by atoms with Gasteiger partial charge in [0.2, 0.25) is 0 Å². The fourth-order valence-electron chi connectivity index (χ4n) is 2.64. The smallest absolute Gasteiger partial charge is 0.270 e. The number of fused-ring (bicyclic) bond motifs is 1. The molecule has 0 radical (unpaired) electrons. The van der Waals surface area contributed by atoms with E-state index in [0.717, 1.165) is 11.8 Å². The number of benzene rings is 2. The van der Waals surface area contributed by atoms with Gasteiger partial charge in [0.1, 0.15) is 17.6 Å². The molecule has 1 N–H and O–H groups in total. The molecule has 1 saturated heterocycles. The summed E-state index contributed by atoms with van der Waals surface area (Å²) in [5.74, 6) is -0.320. The first-order valence-corrected chi connectivity index (χ1v) is 8.84. The number of carbonyl (C=O) groups excluding carboxylic acids is 1. The lowest BCUT2D eigenvalue weighted by Crippen LogP contribution is -2.27. The highest BCUT2D eigenvalue weighted by molar-refractivity contribution is 8.27. The average Bonchev–Trinajstić information content (AvgIpc) is 2.92. The van der Waals surface area contributed by atoms with Crippen molar-refractivity contribution in [3.05, 3.63) is 75.5 Å². The Morgan fingerprint density at radius 3 is 2.65 bits per heavy atom. The SMILES string of the molecule is O=C1/C(=C\c2coc3ccc(O)cc3c2=O)SC(=S)N1c1ccccc1. The van der Waals surface area contributed by atoms with Crippen molar-refractivity contribution in [3.63, 3.8) is 0 Å². The van der Waals surface area contributed by atoms with Gasteiger partial charge in [0.15, 0.2) is 9.75 Å². The Morgan fingerprint density at radius 2 is 1.88 bits per heavy atom. The van der Waals surface area contributed by atoms with Crippen molar-refractivity contribution in [3.8, 4) is 5.75 Å². The molecule has 0 atom stereocenters. The van der Waals surface area contributed by atoms with Gasteiger partial charge in [-0.05, 0) is 36.4 Å². The number of phenolic OH excluding ortho intramolecular Hbond substituents is 1. The van der Waals surface area contributed by atoms with E-state index in [1.165, 1.54) is 35.4 Å². The fourth-order valence-corrected chi connectivity index (χ4v) is 3.93. The molecule has 128 valence electrons. The third-order valence-corrected chi connectivity index (χ3v) is 5.18. The van der Waals surface area contributed by atoms with Crippen molar-refractivity contribution in [2.45, 2.75) is 0 Å². The Balaban J connectivity index is 1.77. The number of carbonyl (C=O) groups is 1. The van der Waals surface area contributed by atoms with E-state index in [1.54, 1.807) is 12.1 Å². The molecular formula is C19H11NO4S2. The molecule has 1 amide bonds. The molecule has 26 heavy (non-hydrogen) atoms. The maximum Gasteiger partial charge on any atom is 0.270 e. The number of amides is 1. The fraction of sp³-hybridized carbons (Fsp3) is 0. The lowest BCUT2D eigenvalue weighted by atomic mass is 10.1. The molecule has 3 aromatic rings. The normalized spacial score (nSPS) is 16.0. The third kappa shape index (κ3) is 2.81. The summed E-state index contributed by atoms with van der Waals surface area (Å²) in [5.41, 5.74) is 0.930. The van der Waals surface area contributed by atoms with Crippen LogP contribution in [0.15, 0.2) is 68.9 Å². The van der Waals surface area contributed by atoms with Gasteiger partial charge in [0.05, 0.1) is 21.5 Å². The first kappa shape index (κ1) is 16.6. The first-order chi connectivity index (χ1) is 12.5. The topological polar surface area (TPSA) is 70.7 Å². The predicted octanol–water partition coefficient (Wildman–Crippen LogP) is 3.90. The summed E-state index contributed by atoms with van der Waals surface area (Å²) in [6.45, 7) is 0. The van der Waals surface area contributed by atoms with E-state index in [9.17, 15) is 14.7 Å². The van der Waals surface area contributed by atoms with Crippen LogP contribution in [-0.4, -0.2) is 15.3 Å². The predicted molar refractivity (Wildman–Crippen MR) is 106 cm³/mol. The van der Waals surface area contributed by atoms with E-state index in [1.807, 2.05) is 18.2 Å². The number of para-hydroxylation sites is 1. The van der Waals surface area contributed by atoms with Crippen LogP contribution in [0.1, 0.15) is 5.56 Å². The molecule has 7 heteroatoms. The monoisotopic (exact) mass is 381 g/mol. The zero-order chi connectivity index (χ0) is 18.3. The minimum atomic E-state index is -0.327. The molecule has 0 saturated carbocycles. The molecule has 1 fully saturated rings. The van der Waals surface area contributed by atoms with E-state index < -0.39 is 0 Å². The number of phenols is 1. The van der Waals surface area contributed by atoms with Crippen molar-refractivity contribution in [2.75, 3.05) is 4.90 Å². The Hall–Kier alpha value is -2.90. The summed E-state index contributed by atoms with van der Waals surface area (Å²) < 4.78 is 5.84. The summed E-state index contributed by atoms with van der Waals surface area (Å²) in [7, 11) is 0. The average molecular weight is 381 g/mol. The third-order valence-electron chi connectivity index (χ3n) is 3.88. The van der Waals surface area contributed by atoms with Gasteiger partial charge in [-0.15, -0.1) is 0 Å². The van der Waals surface area contributed by atoms with Gasteiger partial charge >= 0.3 is 0 Å². The Bertz CT molecular complexity index is 1140. The molecule has 5 nitrogen and oxygen atoms in total. The Labute approximate surface area is 157 Å². The second-order valence-electron chi connectivity index (χ2n) is 5.55. The number of thiocarbonyl (C=S) groups is 1. The van der Waals surface area contributed by atoms with Gasteiger partial charge in [-0.3, -0.25) is 14.5 Å². The molecule has 1 aromatic heterocycles. The number of hydrogen-bond acceptors (Lipinski definition) is 6. The van der Waals surface area contributed by atoms with Gasteiger partial charge in [0.25, 0.3) is 5.91 Å². The van der Waals surface area contributed by atoms with Crippen LogP contribution in [0.2, 0.25) is 0 Å². The number of rotatable bonds is 2. The highest BCUT2D eigenvalue weighted by atomic mass is 32.2. The number of anilines is 1. The summed E-state index contributed by atoms with van der Waals surface area (Å²) in [5, 5.41) is 9.84. The second kappa shape index (κ2) is 6.44. The highest BCUT2D eigenvalue weighted by Crippen LogP contribution is 2.35. The van der Waals surface area contributed by atoms with Crippen molar-refractivity contribution < 1.29 is 14.3 Å². The molecule has 0 spiro atoms. The number of thioether (sulfide) groups is 1. The maximum absolute atomic E-state index is 12.7. The minimum absolute atomic E-state index is 0.0302. The summed E-state index contributed by atoms with van der Waals surface area (Å²) >= 11 is 6.44. The zero-order valence-corrected chi connectivity index (χ0v) is 14.8. The van der Waals surface area contributed by atoms with Crippen LogP contribution < -0.4 is 10.3 Å². The van der Waals surface area contributed by atoms with Crippen molar-refractivity contribution in [1.29, 1.82) is 0 Å². The molecule has 2 heterocycles. The van der Waals surface area contributed by atoms with Crippen molar-refractivity contribution in [2.24, 2.45) is 0 Å². The molecule has 1 aliphatic heterocycles. The van der Waals surface area contributed by atoms with E-state index in [0.29, 0.717) is 20.5 Å². The van der Waals surface area contributed by atoms with Crippen LogP contribution in [-0.2, 0) is 4.79 Å². The van der Waals surface area contributed by atoms with Crippen LogP contribution in [0.25, 0.3) is 17.0 Å². The molecule has 0 bridgehead atoms. The van der Waals surface area contributed by atoms with Crippen LogP contribution >= 0.6 is 24.0 Å². The minimum Gasteiger partial charge on any atom is -0.508 e. The highest BCUT2D eigenvalue weighted by Gasteiger charge is 2.33. The van der Waals surface area contributed by atoms with Crippen molar-refractivity contribution in [1.82, 2.24) is 0 Å². The van der Waals surface area contributed by atoms with Crippen LogP contribution in [0.5, 0.6) is 5.75 Å². The van der Waals surface area contributed by atoms with E-state index in [4.69, 9.17) is 16.6 Å². The number of nitrogens with zero attached hydrogens (tertiary/aromatic N) is 1. The largest absolute Gasteiger partial charge is 0.508 e. The molecule has 0 aliphatic carbocycles. The molecule has 0 unspecified atom stereocenters. The molecule has 1 aliphatic rings. The molecule has 4 rings (SSSR count). The van der Waals surface area contributed by atoms with E-state index in [2.05, 4.69) is 0 Å². The number of hydrogen-bond donors (Lipinski definition) is 1. The summed E-state index contributed by atoms with van der Waals surface area (Å²) in [6.07, 6.45) is 2.77. The van der Waals surface area contributed by atoms with Crippen LogP contribution in [0, 0.1) is 0 Å². The van der Waals surface area contributed by atoms with Gasteiger partial charge in [-0.25, -0.2) is 0 Å². The van der Waals surface area contributed by atoms with Crippen LogP contribution in [0.3, 0.4) is 0 Å². The van der Waals surface area contributed by atoms with Crippen LogP contribution in [0.4, 0.5) is 5.69 Å². The summed E-state index contributed by atoms with van der Waals surface area (Å²) in [6, 6.07) is 13.4. The van der Waals surface area contributed by atoms with E-state index >= 15 is 0 Å². The first-order valence-electron chi connectivity index (χ1n) is 7.62. The van der Waals surface area contributed by atoms with Gasteiger partial charge in [-0.2, -0.15) is 0 Å². The molecule has 2 aromatic carbocycles. The lowest BCUT2D eigenvalue weighted by Gasteiger charge is -2.13. The standard InChI is InChI=1S/C19H11NO4S2/c21-13-6-7-15-14(9-13)17(22)11(10-24-15)8-16-18(23)20(19(25)26-16)12-4-2-1-3-5-12/h1-10,21H/b16-8+. The van der Waals surface area contributed by atoms with Gasteiger partial charge < -0.3 is 9.52 Å². The Morgan fingerprint density at radius 1 is 1.12 bits per heavy atom. The Kier molecular flexibility index (Phi) is 4.10. The maximum atomic E-state index is 12.7.